The zero-order chi connectivity index (χ0) is 20.3. The van der Waals surface area contributed by atoms with Crippen molar-refractivity contribution in [1.82, 2.24) is 14.9 Å². The van der Waals surface area contributed by atoms with Crippen molar-refractivity contribution < 1.29 is 9.53 Å². The summed E-state index contributed by atoms with van der Waals surface area (Å²) in [6, 6.07) is 5.90. The van der Waals surface area contributed by atoms with Crippen molar-refractivity contribution in [3.05, 3.63) is 24.0 Å². The molecule has 0 bridgehead atoms. The van der Waals surface area contributed by atoms with E-state index < -0.39 is 5.60 Å². The molecule has 1 N–H and O–H groups in total. The minimum absolute atomic E-state index is 0.107. The van der Waals surface area contributed by atoms with Gasteiger partial charge in [-0.1, -0.05) is 0 Å². The fourth-order valence-corrected chi connectivity index (χ4v) is 3.79. The smallest absolute Gasteiger partial charge is 0.410 e. The highest BCUT2D eigenvalue weighted by atomic mass is 32.2. The Labute approximate surface area is 169 Å². The third-order valence-electron chi connectivity index (χ3n) is 4.41. The van der Waals surface area contributed by atoms with Gasteiger partial charge in [-0.3, -0.25) is 0 Å². The first-order valence-corrected chi connectivity index (χ1v) is 10.5. The van der Waals surface area contributed by atoms with Crippen LogP contribution in [-0.2, 0) is 4.74 Å². The van der Waals surface area contributed by atoms with E-state index >= 15 is 0 Å². The van der Waals surface area contributed by atoms with E-state index in [-0.39, 0.29) is 12.1 Å². The Morgan fingerprint density at radius 2 is 2.21 bits per heavy atom. The Morgan fingerprint density at radius 3 is 2.89 bits per heavy atom. The number of amides is 1. The summed E-state index contributed by atoms with van der Waals surface area (Å²) >= 11 is 1.50. The molecule has 1 unspecified atom stereocenters. The van der Waals surface area contributed by atoms with Gasteiger partial charge in [-0.05, 0) is 52.0 Å². The highest BCUT2D eigenvalue weighted by molar-refractivity contribution is 7.98. The van der Waals surface area contributed by atoms with Gasteiger partial charge in [-0.2, -0.15) is 5.26 Å². The zero-order valence-corrected chi connectivity index (χ0v) is 17.5. The van der Waals surface area contributed by atoms with E-state index in [1.54, 1.807) is 17.2 Å². The minimum atomic E-state index is -0.499. The van der Waals surface area contributed by atoms with Crippen molar-refractivity contribution in [3.63, 3.8) is 0 Å². The summed E-state index contributed by atoms with van der Waals surface area (Å²) in [6.45, 7) is 6.90. The molecular formula is C20H25N5O2S. The first-order valence-electron chi connectivity index (χ1n) is 9.28. The molecule has 1 atom stereocenters. The maximum Gasteiger partial charge on any atom is 0.410 e. The summed E-state index contributed by atoms with van der Waals surface area (Å²) in [5, 5.41) is 15.2. The zero-order valence-electron chi connectivity index (χ0n) is 16.7. The molecule has 1 saturated heterocycles. The normalized spacial score (nSPS) is 17.2. The highest BCUT2D eigenvalue weighted by Crippen LogP contribution is 2.27. The largest absolute Gasteiger partial charge is 0.444 e. The molecule has 1 aliphatic heterocycles. The first-order chi connectivity index (χ1) is 13.3. The fourth-order valence-electron chi connectivity index (χ4n) is 3.20. The average molecular weight is 400 g/mol. The lowest BCUT2D eigenvalue weighted by Crippen LogP contribution is -2.47. The molecule has 0 radical (unpaired) electrons. The van der Waals surface area contributed by atoms with Crippen LogP contribution in [0.2, 0.25) is 0 Å². The SMILES string of the molecule is CSc1nc(C#N)cc2cnc(NC3CCCN(C(=O)OC(C)(C)C)C3)cc12. The Balaban J connectivity index is 1.75. The quantitative estimate of drug-likeness (QED) is 0.779. The van der Waals surface area contributed by atoms with Crippen LogP contribution in [0.25, 0.3) is 10.8 Å². The number of pyridine rings is 2. The number of hydrogen-bond acceptors (Lipinski definition) is 7. The lowest BCUT2D eigenvalue weighted by Gasteiger charge is -2.34. The second-order valence-electron chi connectivity index (χ2n) is 7.83. The van der Waals surface area contributed by atoms with Crippen LogP contribution in [0.1, 0.15) is 39.3 Å². The highest BCUT2D eigenvalue weighted by Gasteiger charge is 2.27. The minimum Gasteiger partial charge on any atom is -0.444 e. The van der Waals surface area contributed by atoms with Gasteiger partial charge in [0, 0.05) is 36.1 Å². The van der Waals surface area contributed by atoms with Crippen molar-refractivity contribution in [1.29, 1.82) is 5.26 Å². The van der Waals surface area contributed by atoms with Crippen LogP contribution >= 0.6 is 11.8 Å². The molecule has 3 heterocycles. The molecule has 1 amide bonds. The number of thioether (sulfide) groups is 1. The topological polar surface area (TPSA) is 91.1 Å². The molecule has 1 fully saturated rings. The number of ether oxygens (including phenoxy) is 1. The monoisotopic (exact) mass is 399 g/mol. The maximum atomic E-state index is 12.4. The van der Waals surface area contributed by atoms with Crippen LogP contribution in [0.5, 0.6) is 0 Å². The number of piperidine rings is 1. The van der Waals surface area contributed by atoms with E-state index in [1.165, 1.54) is 11.8 Å². The van der Waals surface area contributed by atoms with Gasteiger partial charge in [-0.15, -0.1) is 11.8 Å². The van der Waals surface area contributed by atoms with E-state index in [0.717, 1.165) is 34.5 Å². The molecule has 7 nitrogen and oxygen atoms in total. The van der Waals surface area contributed by atoms with Crippen LogP contribution < -0.4 is 5.32 Å². The van der Waals surface area contributed by atoms with E-state index in [2.05, 4.69) is 21.4 Å². The van der Waals surface area contributed by atoms with Gasteiger partial charge >= 0.3 is 6.09 Å². The molecule has 28 heavy (non-hydrogen) atoms. The van der Waals surface area contributed by atoms with Crippen LogP contribution in [0.4, 0.5) is 10.6 Å². The van der Waals surface area contributed by atoms with E-state index in [1.807, 2.05) is 33.1 Å². The summed E-state index contributed by atoms with van der Waals surface area (Å²) < 4.78 is 5.49. The van der Waals surface area contributed by atoms with E-state index in [0.29, 0.717) is 18.8 Å². The van der Waals surface area contributed by atoms with Crippen LogP contribution in [0.15, 0.2) is 23.4 Å². The van der Waals surface area contributed by atoms with Crippen molar-refractivity contribution in [3.8, 4) is 6.07 Å². The van der Waals surface area contributed by atoms with Crippen molar-refractivity contribution in [2.75, 3.05) is 24.7 Å². The molecule has 0 aromatic carbocycles. The van der Waals surface area contributed by atoms with Gasteiger partial charge in [-0.25, -0.2) is 14.8 Å². The standard InChI is InChI=1S/C20H25N5O2S/c1-20(2,3)27-19(26)25-7-5-6-14(12-25)23-17-9-16-13(11-22-17)8-15(10-21)24-18(16)28-4/h8-9,11,14H,5-7,12H2,1-4H3,(H,22,23). The number of anilines is 1. The average Bonchev–Trinajstić information content (AvgIpc) is 2.66. The van der Waals surface area contributed by atoms with Crippen molar-refractivity contribution in [2.24, 2.45) is 0 Å². The molecule has 0 spiro atoms. The predicted molar refractivity (Wildman–Crippen MR) is 110 cm³/mol. The molecule has 0 aliphatic carbocycles. The van der Waals surface area contributed by atoms with Crippen LogP contribution in [0.3, 0.4) is 0 Å². The fraction of sp³-hybridized carbons (Fsp3) is 0.500. The van der Waals surface area contributed by atoms with Gasteiger partial charge in [0.15, 0.2) is 0 Å². The molecule has 0 saturated carbocycles. The predicted octanol–water partition coefficient (Wildman–Crippen LogP) is 4.03. The number of likely N-dealkylation sites (tertiary alicyclic amines) is 1. The summed E-state index contributed by atoms with van der Waals surface area (Å²) in [5.74, 6) is 0.741. The Hall–Kier alpha value is -2.53. The number of nitrogens with zero attached hydrogens (tertiary/aromatic N) is 4. The number of carbonyl (C=O) groups excluding carboxylic acids is 1. The molecule has 1 aliphatic rings. The van der Waals surface area contributed by atoms with Gasteiger partial charge in [0.25, 0.3) is 0 Å². The van der Waals surface area contributed by atoms with Crippen molar-refractivity contribution >= 4 is 34.4 Å². The van der Waals surface area contributed by atoms with Gasteiger partial charge in [0.05, 0.1) is 0 Å². The second-order valence-corrected chi connectivity index (χ2v) is 8.62. The Kier molecular flexibility index (Phi) is 5.94. The Bertz CT molecular complexity index is 919. The number of aromatic nitrogens is 2. The van der Waals surface area contributed by atoms with Crippen molar-refractivity contribution in [2.45, 2.75) is 50.3 Å². The number of fused-ring (bicyclic) bond motifs is 1. The Morgan fingerprint density at radius 1 is 1.43 bits per heavy atom. The van der Waals surface area contributed by atoms with Gasteiger partial charge in [0.1, 0.15) is 28.2 Å². The van der Waals surface area contributed by atoms with Gasteiger partial charge < -0.3 is 15.0 Å². The van der Waals surface area contributed by atoms with Crippen LogP contribution in [0, 0.1) is 11.3 Å². The molecule has 148 valence electrons. The summed E-state index contributed by atoms with van der Waals surface area (Å²) in [4.78, 5) is 23.0. The van der Waals surface area contributed by atoms with E-state index in [9.17, 15) is 4.79 Å². The molecule has 2 aromatic heterocycles. The first kappa shape index (κ1) is 20.2. The van der Waals surface area contributed by atoms with E-state index in [4.69, 9.17) is 10.00 Å². The lowest BCUT2D eigenvalue weighted by atomic mass is 10.1. The van der Waals surface area contributed by atoms with Crippen LogP contribution in [-0.4, -0.2) is 51.9 Å². The van der Waals surface area contributed by atoms with Gasteiger partial charge in [0.2, 0.25) is 0 Å². The molecule has 8 heteroatoms. The third-order valence-corrected chi connectivity index (χ3v) is 5.11. The second kappa shape index (κ2) is 8.23. The summed E-state index contributed by atoms with van der Waals surface area (Å²) in [7, 11) is 0. The maximum absolute atomic E-state index is 12.4. The lowest BCUT2D eigenvalue weighted by molar-refractivity contribution is 0.0206. The number of hydrogen-bond donors (Lipinski definition) is 1. The number of rotatable bonds is 3. The number of carbonyl (C=O) groups is 1. The number of nitrogens with one attached hydrogen (secondary N) is 1. The summed E-state index contributed by atoms with van der Waals surface area (Å²) in [6.07, 6.45) is 5.29. The molecule has 2 aromatic rings. The summed E-state index contributed by atoms with van der Waals surface area (Å²) in [5.41, 5.74) is -0.111. The number of nitriles is 1. The third kappa shape index (κ3) is 4.84. The molecular weight excluding hydrogens is 374 g/mol. The molecule has 3 rings (SSSR count).